The molecule has 21 heavy (non-hydrogen) atoms. The maximum Gasteiger partial charge on any atom is 0.259 e. The lowest BCUT2D eigenvalue weighted by Crippen LogP contribution is -2.28. The highest BCUT2D eigenvalue weighted by molar-refractivity contribution is 6.08. The van der Waals surface area contributed by atoms with Crippen LogP contribution < -0.4 is 4.90 Å². The molecule has 0 bridgehead atoms. The van der Waals surface area contributed by atoms with Crippen LogP contribution in [0.5, 0.6) is 0 Å². The van der Waals surface area contributed by atoms with Crippen LogP contribution in [0.2, 0.25) is 0 Å². The summed E-state index contributed by atoms with van der Waals surface area (Å²) in [6.45, 7) is 3.95. The van der Waals surface area contributed by atoms with Crippen molar-refractivity contribution in [2.75, 3.05) is 11.9 Å². The second-order valence-corrected chi connectivity index (χ2v) is 5.28. The van der Waals surface area contributed by atoms with Gasteiger partial charge in [-0.15, -0.1) is 0 Å². The maximum absolute atomic E-state index is 13.4. The minimum Gasteiger partial charge on any atom is -0.310 e. The van der Waals surface area contributed by atoms with Crippen molar-refractivity contribution < 1.29 is 9.18 Å². The summed E-state index contributed by atoms with van der Waals surface area (Å²) in [6, 6.07) is 8.06. The highest BCUT2D eigenvalue weighted by atomic mass is 19.1. The summed E-state index contributed by atoms with van der Waals surface area (Å²) in [6.07, 6.45) is 0. The molecular weight excluding hydrogens is 265 g/mol. The molecule has 0 saturated heterocycles. The third kappa shape index (κ3) is 2.19. The fourth-order valence-electron chi connectivity index (χ4n) is 2.60. The van der Waals surface area contributed by atoms with Crippen LogP contribution in [0.4, 0.5) is 10.1 Å². The highest BCUT2D eigenvalue weighted by Crippen LogP contribution is 2.28. The Labute approximate surface area is 123 Å². The van der Waals surface area contributed by atoms with E-state index in [9.17, 15) is 9.18 Å². The summed E-state index contributed by atoms with van der Waals surface area (Å²) in [5, 5.41) is 0. The molecule has 0 radical (unpaired) electrons. The minimum absolute atomic E-state index is 0.176. The summed E-state index contributed by atoms with van der Waals surface area (Å²) < 4.78 is 13.4. The van der Waals surface area contributed by atoms with Gasteiger partial charge in [-0.05, 0) is 49.2 Å². The van der Waals surface area contributed by atoms with E-state index >= 15 is 0 Å². The molecule has 0 aliphatic carbocycles. The van der Waals surface area contributed by atoms with Gasteiger partial charge in [0.2, 0.25) is 0 Å². The summed E-state index contributed by atoms with van der Waals surface area (Å²) in [5.74, 6) is 5.46. The fraction of sp³-hybridized carbons (Fsp3) is 0.167. The zero-order valence-electron chi connectivity index (χ0n) is 12.1. The quantitative estimate of drug-likeness (QED) is 0.677. The zero-order valence-corrected chi connectivity index (χ0v) is 12.1. The van der Waals surface area contributed by atoms with Crippen molar-refractivity contribution in [2.45, 2.75) is 13.8 Å². The third-order valence-corrected chi connectivity index (χ3v) is 3.66. The van der Waals surface area contributed by atoms with Gasteiger partial charge in [0.05, 0.1) is 16.8 Å². The molecule has 1 amide bonds. The number of halogens is 1. The Morgan fingerprint density at radius 2 is 1.86 bits per heavy atom. The second kappa shape index (κ2) is 4.75. The van der Waals surface area contributed by atoms with Gasteiger partial charge in [0.15, 0.2) is 0 Å². The number of hydrogen-bond donors (Lipinski definition) is 0. The molecule has 0 spiro atoms. The molecule has 3 heteroatoms. The van der Waals surface area contributed by atoms with Crippen LogP contribution in [0.15, 0.2) is 30.3 Å². The molecule has 1 aliphatic rings. The van der Waals surface area contributed by atoms with Crippen LogP contribution in [-0.4, -0.2) is 13.0 Å². The first kappa shape index (κ1) is 13.4. The number of hydrogen-bond acceptors (Lipinski definition) is 1. The Morgan fingerprint density at radius 1 is 1.10 bits per heavy atom. The molecule has 0 atom stereocenters. The van der Waals surface area contributed by atoms with Gasteiger partial charge in [-0.3, -0.25) is 4.79 Å². The first-order valence-corrected chi connectivity index (χ1v) is 6.68. The summed E-state index contributed by atoms with van der Waals surface area (Å²) >= 11 is 0. The van der Waals surface area contributed by atoms with Crippen molar-refractivity contribution in [3.05, 3.63) is 64.0 Å². The first-order valence-electron chi connectivity index (χ1n) is 6.68. The molecule has 1 heterocycles. The van der Waals surface area contributed by atoms with E-state index in [4.69, 9.17) is 0 Å². The number of fused-ring (bicyclic) bond motifs is 2. The lowest BCUT2D eigenvalue weighted by molar-refractivity contribution is 0.0992. The number of carbonyl (C=O) groups is 1. The Hall–Kier alpha value is -2.60. The van der Waals surface area contributed by atoms with Crippen molar-refractivity contribution in [2.24, 2.45) is 0 Å². The van der Waals surface area contributed by atoms with Gasteiger partial charge in [0.25, 0.3) is 5.91 Å². The Morgan fingerprint density at radius 3 is 2.62 bits per heavy atom. The Balaban J connectivity index is 2.33. The second-order valence-electron chi connectivity index (χ2n) is 5.28. The lowest BCUT2D eigenvalue weighted by Gasteiger charge is -2.23. The molecule has 104 valence electrons. The van der Waals surface area contributed by atoms with Gasteiger partial charge in [0, 0.05) is 12.6 Å². The number of benzene rings is 2. The number of amides is 1. The molecule has 1 aliphatic heterocycles. The molecule has 0 saturated carbocycles. The van der Waals surface area contributed by atoms with Crippen molar-refractivity contribution in [1.82, 2.24) is 0 Å². The van der Waals surface area contributed by atoms with Gasteiger partial charge in [-0.2, -0.15) is 0 Å². The van der Waals surface area contributed by atoms with Crippen LogP contribution >= 0.6 is 0 Å². The van der Waals surface area contributed by atoms with Crippen LogP contribution in [-0.2, 0) is 0 Å². The zero-order chi connectivity index (χ0) is 15.1. The van der Waals surface area contributed by atoms with Crippen molar-refractivity contribution in [3.8, 4) is 11.8 Å². The van der Waals surface area contributed by atoms with Gasteiger partial charge in [-0.25, -0.2) is 4.39 Å². The van der Waals surface area contributed by atoms with E-state index in [0.29, 0.717) is 11.1 Å². The third-order valence-electron chi connectivity index (χ3n) is 3.66. The van der Waals surface area contributed by atoms with Crippen molar-refractivity contribution in [3.63, 3.8) is 0 Å². The SMILES string of the molecule is Cc1cc(C)c2c(c1)N(C)C(=O)c1ccc(F)cc1C#C2. The van der Waals surface area contributed by atoms with E-state index in [1.54, 1.807) is 11.9 Å². The number of carbonyl (C=O) groups excluding carboxylic acids is 1. The Kier molecular flexibility index (Phi) is 3.03. The number of aryl methyl sites for hydroxylation is 2. The van der Waals surface area contributed by atoms with Crippen molar-refractivity contribution in [1.29, 1.82) is 0 Å². The van der Waals surface area contributed by atoms with Gasteiger partial charge in [0.1, 0.15) is 5.82 Å². The summed E-state index contributed by atoms with van der Waals surface area (Å²) in [4.78, 5) is 14.2. The van der Waals surface area contributed by atoms with Gasteiger partial charge >= 0.3 is 0 Å². The predicted molar refractivity (Wildman–Crippen MR) is 81.0 cm³/mol. The number of nitrogens with zero attached hydrogens (tertiary/aromatic N) is 1. The molecule has 0 aromatic heterocycles. The van der Waals surface area contributed by atoms with Crippen LogP contribution in [0.25, 0.3) is 0 Å². The van der Waals surface area contributed by atoms with E-state index in [2.05, 4.69) is 11.8 Å². The number of rotatable bonds is 0. The monoisotopic (exact) mass is 279 g/mol. The number of anilines is 1. The van der Waals surface area contributed by atoms with E-state index in [1.165, 1.54) is 18.2 Å². The molecule has 0 fully saturated rings. The van der Waals surface area contributed by atoms with Crippen LogP contribution in [0.3, 0.4) is 0 Å². The van der Waals surface area contributed by atoms with Gasteiger partial charge < -0.3 is 4.90 Å². The molecule has 0 N–H and O–H groups in total. The summed E-state index contributed by atoms with van der Waals surface area (Å²) in [7, 11) is 1.72. The standard InChI is InChI=1S/C18H14FNO/c1-11-8-12(2)15-6-4-13-10-14(19)5-7-16(13)18(21)20(3)17(15)9-11/h5,7-10H,1-3H3. The van der Waals surface area contributed by atoms with Crippen LogP contribution in [0, 0.1) is 31.5 Å². The van der Waals surface area contributed by atoms with Crippen LogP contribution in [0.1, 0.15) is 32.6 Å². The largest absolute Gasteiger partial charge is 0.310 e. The van der Waals surface area contributed by atoms with Crippen molar-refractivity contribution >= 4 is 11.6 Å². The van der Waals surface area contributed by atoms with E-state index in [0.717, 1.165) is 22.4 Å². The average Bonchev–Trinajstić information content (AvgIpc) is 2.43. The van der Waals surface area contributed by atoms with E-state index < -0.39 is 0 Å². The molecule has 0 unspecified atom stereocenters. The smallest absolute Gasteiger partial charge is 0.259 e. The summed E-state index contributed by atoms with van der Waals surface area (Å²) in [5.41, 5.74) is 4.55. The normalized spacial score (nSPS) is 12.8. The van der Waals surface area contributed by atoms with E-state index in [1.807, 2.05) is 26.0 Å². The topological polar surface area (TPSA) is 20.3 Å². The van der Waals surface area contributed by atoms with E-state index in [-0.39, 0.29) is 11.7 Å². The average molecular weight is 279 g/mol. The van der Waals surface area contributed by atoms with Gasteiger partial charge in [-0.1, -0.05) is 17.9 Å². The lowest BCUT2D eigenvalue weighted by atomic mass is 9.98. The molecular formula is C18H14FNO. The minimum atomic E-state index is -0.389. The first-order chi connectivity index (χ1) is 9.97. The predicted octanol–water partition coefficient (Wildman–Crippen LogP) is 3.43. The fourth-order valence-corrected chi connectivity index (χ4v) is 2.60. The maximum atomic E-state index is 13.4. The molecule has 2 aromatic carbocycles. The molecule has 3 rings (SSSR count). The Bertz CT molecular complexity index is 827. The molecule has 2 aromatic rings. The molecule has 2 nitrogen and oxygen atoms in total. The highest BCUT2D eigenvalue weighted by Gasteiger charge is 2.21.